The normalized spacial score (nSPS) is 17.3. The van der Waals surface area contributed by atoms with Crippen molar-refractivity contribution >= 4 is 47.8 Å². The summed E-state index contributed by atoms with van der Waals surface area (Å²) in [5.41, 5.74) is 0.0616. The Labute approximate surface area is 161 Å². The van der Waals surface area contributed by atoms with E-state index in [4.69, 9.17) is 0 Å². The highest BCUT2D eigenvalue weighted by Crippen LogP contribution is 2.31. The SMILES string of the molecule is Brc1ccc(Br)nc1.CN1CCC(O)(c2ccc(Br)cn2)CC1. The quantitative estimate of drug-likeness (QED) is 0.583. The van der Waals surface area contributed by atoms with Gasteiger partial charge in [-0.2, -0.15) is 0 Å². The summed E-state index contributed by atoms with van der Waals surface area (Å²) in [6.07, 6.45) is 5.01. The molecule has 3 heterocycles. The summed E-state index contributed by atoms with van der Waals surface area (Å²) in [4.78, 5) is 10.5. The van der Waals surface area contributed by atoms with Crippen molar-refractivity contribution in [1.29, 1.82) is 0 Å². The minimum absolute atomic E-state index is 0.729. The molecular weight excluding hydrogens is 490 g/mol. The van der Waals surface area contributed by atoms with Gasteiger partial charge >= 0.3 is 0 Å². The molecule has 0 unspecified atom stereocenters. The monoisotopic (exact) mass is 505 g/mol. The zero-order valence-corrected chi connectivity index (χ0v) is 17.5. The molecule has 23 heavy (non-hydrogen) atoms. The third kappa shape index (κ3) is 5.90. The number of hydrogen-bond donors (Lipinski definition) is 1. The number of aliphatic hydroxyl groups is 1. The molecule has 2 aromatic rings. The number of halogens is 3. The van der Waals surface area contributed by atoms with E-state index < -0.39 is 5.60 Å². The second-order valence-electron chi connectivity index (χ2n) is 5.50. The third-order valence-corrected chi connectivity index (χ3v) is 5.12. The Balaban J connectivity index is 0.000000203. The van der Waals surface area contributed by atoms with Gasteiger partial charge in [-0.3, -0.25) is 4.98 Å². The minimum Gasteiger partial charge on any atom is -0.383 e. The van der Waals surface area contributed by atoms with Crippen molar-refractivity contribution in [2.24, 2.45) is 0 Å². The Bertz CT molecular complexity index is 590. The molecule has 4 nitrogen and oxygen atoms in total. The molecule has 0 amide bonds. The largest absolute Gasteiger partial charge is 0.383 e. The summed E-state index contributed by atoms with van der Waals surface area (Å²) < 4.78 is 2.81. The van der Waals surface area contributed by atoms with E-state index in [0.717, 1.165) is 45.2 Å². The number of piperidine rings is 1. The maximum atomic E-state index is 10.4. The van der Waals surface area contributed by atoms with E-state index >= 15 is 0 Å². The summed E-state index contributed by atoms with van der Waals surface area (Å²) in [6, 6.07) is 7.63. The lowest BCUT2D eigenvalue weighted by atomic mass is 9.88. The fraction of sp³-hybridized carbons (Fsp3) is 0.375. The first-order valence-electron chi connectivity index (χ1n) is 7.19. The molecule has 1 saturated heterocycles. The molecule has 124 valence electrons. The van der Waals surface area contributed by atoms with Gasteiger partial charge in [0.15, 0.2) is 0 Å². The summed E-state index contributed by atoms with van der Waals surface area (Å²) in [5.74, 6) is 0. The Morgan fingerprint density at radius 2 is 1.52 bits per heavy atom. The second kappa shape index (κ2) is 8.67. The van der Waals surface area contributed by atoms with Crippen molar-refractivity contribution in [3.8, 4) is 0 Å². The maximum Gasteiger partial charge on any atom is 0.109 e. The Hall–Kier alpha value is -0.340. The number of nitrogens with zero attached hydrogens (tertiary/aromatic N) is 3. The summed E-state index contributed by atoms with van der Waals surface area (Å²) in [7, 11) is 2.08. The molecule has 1 N–H and O–H groups in total. The molecule has 0 spiro atoms. The summed E-state index contributed by atoms with van der Waals surface area (Å²) in [5, 5.41) is 10.4. The van der Waals surface area contributed by atoms with Crippen LogP contribution in [0.15, 0.2) is 50.2 Å². The van der Waals surface area contributed by atoms with E-state index in [1.165, 1.54) is 0 Å². The highest BCUT2D eigenvalue weighted by Gasteiger charge is 2.33. The molecule has 0 atom stereocenters. The number of aromatic nitrogens is 2. The van der Waals surface area contributed by atoms with Gasteiger partial charge in [0, 0.05) is 34.4 Å². The molecule has 1 fully saturated rings. The molecule has 7 heteroatoms. The minimum atomic E-state index is -0.729. The van der Waals surface area contributed by atoms with Crippen LogP contribution in [0.5, 0.6) is 0 Å². The van der Waals surface area contributed by atoms with Crippen molar-refractivity contribution in [1.82, 2.24) is 14.9 Å². The van der Waals surface area contributed by atoms with Crippen LogP contribution in [0.3, 0.4) is 0 Å². The van der Waals surface area contributed by atoms with Crippen LogP contribution in [-0.2, 0) is 5.60 Å². The predicted molar refractivity (Wildman–Crippen MR) is 102 cm³/mol. The van der Waals surface area contributed by atoms with E-state index in [9.17, 15) is 5.11 Å². The van der Waals surface area contributed by atoms with Crippen molar-refractivity contribution in [3.05, 3.63) is 55.9 Å². The van der Waals surface area contributed by atoms with Crippen molar-refractivity contribution in [3.63, 3.8) is 0 Å². The van der Waals surface area contributed by atoms with Crippen LogP contribution < -0.4 is 0 Å². The first kappa shape index (κ1) is 19.0. The van der Waals surface area contributed by atoms with E-state index in [0.29, 0.717) is 0 Å². The van der Waals surface area contributed by atoms with Gasteiger partial charge in [-0.1, -0.05) is 0 Å². The first-order chi connectivity index (χ1) is 10.9. The number of hydrogen-bond acceptors (Lipinski definition) is 4. The van der Waals surface area contributed by atoms with Gasteiger partial charge in [0.2, 0.25) is 0 Å². The van der Waals surface area contributed by atoms with Crippen LogP contribution >= 0.6 is 47.8 Å². The second-order valence-corrected chi connectivity index (χ2v) is 8.14. The van der Waals surface area contributed by atoms with Gasteiger partial charge in [0.1, 0.15) is 10.2 Å². The van der Waals surface area contributed by atoms with Gasteiger partial charge in [-0.25, -0.2) is 4.98 Å². The zero-order valence-electron chi connectivity index (χ0n) is 12.7. The molecule has 3 rings (SSSR count). The molecule has 1 aliphatic rings. The van der Waals surface area contributed by atoms with Gasteiger partial charge in [-0.05, 0) is 91.9 Å². The van der Waals surface area contributed by atoms with Crippen LogP contribution in [-0.4, -0.2) is 40.1 Å². The van der Waals surface area contributed by atoms with Crippen LogP contribution in [0, 0.1) is 0 Å². The number of likely N-dealkylation sites (tertiary alicyclic amines) is 1. The van der Waals surface area contributed by atoms with E-state index in [1.54, 1.807) is 12.4 Å². The molecular formula is C16H18Br3N3O. The molecule has 0 aromatic carbocycles. The first-order valence-corrected chi connectivity index (χ1v) is 9.57. The predicted octanol–water partition coefficient (Wildman–Crippen LogP) is 4.36. The Morgan fingerprint density at radius 1 is 0.957 bits per heavy atom. The molecule has 2 aromatic heterocycles. The lowest BCUT2D eigenvalue weighted by Crippen LogP contribution is -2.41. The average molecular weight is 508 g/mol. The topological polar surface area (TPSA) is 49.2 Å². The smallest absolute Gasteiger partial charge is 0.109 e. The maximum absolute atomic E-state index is 10.4. The highest BCUT2D eigenvalue weighted by atomic mass is 79.9. The standard InChI is InChI=1S/C11H15BrN2O.C5H3Br2N/c1-14-6-4-11(15,5-7-14)10-3-2-9(12)8-13-10;6-4-1-2-5(7)8-3-4/h2-3,8,15H,4-7H2,1H3;1-3H. The molecule has 0 bridgehead atoms. The lowest BCUT2D eigenvalue weighted by Gasteiger charge is -2.36. The summed E-state index contributed by atoms with van der Waals surface area (Å²) >= 11 is 9.82. The average Bonchev–Trinajstić information content (AvgIpc) is 2.54. The van der Waals surface area contributed by atoms with Gasteiger partial charge < -0.3 is 10.0 Å². The van der Waals surface area contributed by atoms with Gasteiger partial charge in [-0.15, -0.1) is 0 Å². The fourth-order valence-corrected chi connectivity index (χ4v) is 2.96. The van der Waals surface area contributed by atoms with Crippen molar-refractivity contribution in [2.45, 2.75) is 18.4 Å². The van der Waals surface area contributed by atoms with Crippen LogP contribution in [0.25, 0.3) is 0 Å². The van der Waals surface area contributed by atoms with Crippen molar-refractivity contribution < 1.29 is 5.11 Å². The lowest BCUT2D eigenvalue weighted by molar-refractivity contribution is -0.0238. The molecule has 0 saturated carbocycles. The van der Waals surface area contributed by atoms with Crippen LogP contribution in [0.2, 0.25) is 0 Å². The zero-order chi connectivity index (χ0) is 16.9. The van der Waals surface area contributed by atoms with Gasteiger partial charge in [0.05, 0.1) is 5.69 Å². The Morgan fingerprint density at radius 3 is 1.96 bits per heavy atom. The molecule has 0 radical (unpaired) electrons. The Kier molecular flexibility index (Phi) is 7.16. The van der Waals surface area contributed by atoms with E-state index in [-0.39, 0.29) is 0 Å². The third-order valence-electron chi connectivity index (χ3n) is 3.71. The summed E-state index contributed by atoms with van der Waals surface area (Å²) in [6.45, 7) is 1.85. The number of pyridine rings is 2. The fourth-order valence-electron chi connectivity index (χ4n) is 2.25. The van der Waals surface area contributed by atoms with Crippen LogP contribution in [0.4, 0.5) is 0 Å². The number of rotatable bonds is 1. The van der Waals surface area contributed by atoms with E-state index in [1.807, 2.05) is 24.3 Å². The highest BCUT2D eigenvalue weighted by molar-refractivity contribution is 9.11. The van der Waals surface area contributed by atoms with Crippen LogP contribution in [0.1, 0.15) is 18.5 Å². The van der Waals surface area contributed by atoms with Crippen molar-refractivity contribution in [2.75, 3.05) is 20.1 Å². The molecule has 1 aliphatic heterocycles. The van der Waals surface area contributed by atoms with Gasteiger partial charge in [0.25, 0.3) is 0 Å². The van der Waals surface area contributed by atoms with E-state index in [2.05, 4.69) is 69.7 Å². The molecule has 0 aliphatic carbocycles.